The molecule has 6 N–H and O–H groups in total. The SMILES string of the molecule is NC(=O)CCCCC(O)(O)CC(N)=O. The zero-order valence-electron chi connectivity index (χ0n) is 7.90. The third-order valence-corrected chi connectivity index (χ3v) is 1.71. The van der Waals surface area contributed by atoms with Crippen molar-refractivity contribution in [2.24, 2.45) is 11.5 Å². The first-order valence-corrected chi connectivity index (χ1v) is 4.35. The van der Waals surface area contributed by atoms with Crippen molar-refractivity contribution < 1.29 is 19.8 Å². The number of hydrogen-bond donors (Lipinski definition) is 4. The molecule has 0 rings (SSSR count). The standard InChI is InChI=1S/C8H16N2O4/c9-6(11)3-1-2-4-8(13,14)5-7(10)12/h13-14H,1-5H2,(H2,9,11)(H2,10,12). The zero-order chi connectivity index (χ0) is 11.2. The third kappa shape index (κ3) is 7.51. The van der Waals surface area contributed by atoms with Gasteiger partial charge in [-0.15, -0.1) is 0 Å². The highest BCUT2D eigenvalue weighted by Crippen LogP contribution is 2.15. The topological polar surface area (TPSA) is 127 Å². The van der Waals surface area contributed by atoms with Crippen molar-refractivity contribution in [3.05, 3.63) is 0 Å². The zero-order valence-corrected chi connectivity index (χ0v) is 7.90. The molecule has 0 aromatic heterocycles. The predicted molar refractivity (Wildman–Crippen MR) is 48.6 cm³/mol. The van der Waals surface area contributed by atoms with Crippen LogP contribution in [-0.2, 0) is 9.59 Å². The van der Waals surface area contributed by atoms with E-state index in [0.717, 1.165) is 0 Å². The van der Waals surface area contributed by atoms with Crippen LogP contribution in [0.3, 0.4) is 0 Å². The summed E-state index contributed by atoms with van der Waals surface area (Å²) in [6, 6.07) is 0. The second kappa shape index (κ2) is 5.56. The van der Waals surface area contributed by atoms with E-state index in [9.17, 15) is 19.8 Å². The molecule has 14 heavy (non-hydrogen) atoms. The lowest BCUT2D eigenvalue weighted by atomic mass is 10.0. The summed E-state index contributed by atoms with van der Waals surface area (Å²) in [6.45, 7) is 0. The van der Waals surface area contributed by atoms with Crippen LogP contribution < -0.4 is 11.5 Å². The van der Waals surface area contributed by atoms with Crippen LogP contribution >= 0.6 is 0 Å². The van der Waals surface area contributed by atoms with Crippen LogP contribution in [0.25, 0.3) is 0 Å². The number of primary amides is 2. The second-order valence-electron chi connectivity index (χ2n) is 3.30. The van der Waals surface area contributed by atoms with Gasteiger partial charge in [-0.05, 0) is 12.8 Å². The Balaban J connectivity index is 3.65. The normalized spacial score (nSPS) is 11.3. The summed E-state index contributed by atoms with van der Waals surface area (Å²) in [7, 11) is 0. The molecule has 0 aromatic rings. The Kier molecular flexibility index (Phi) is 5.11. The monoisotopic (exact) mass is 204 g/mol. The average molecular weight is 204 g/mol. The lowest BCUT2D eigenvalue weighted by Crippen LogP contribution is -2.34. The molecular formula is C8H16N2O4. The lowest BCUT2D eigenvalue weighted by molar-refractivity contribution is -0.175. The van der Waals surface area contributed by atoms with Crippen molar-refractivity contribution in [3.63, 3.8) is 0 Å². The third-order valence-electron chi connectivity index (χ3n) is 1.71. The van der Waals surface area contributed by atoms with Gasteiger partial charge in [0.15, 0.2) is 5.79 Å². The molecule has 0 aliphatic carbocycles. The van der Waals surface area contributed by atoms with E-state index in [2.05, 4.69) is 0 Å². The number of nitrogens with two attached hydrogens (primary N) is 2. The summed E-state index contributed by atoms with van der Waals surface area (Å²) < 4.78 is 0. The van der Waals surface area contributed by atoms with E-state index in [-0.39, 0.29) is 12.8 Å². The van der Waals surface area contributed by atoms with Gasteiger partial charge in [0.05, 0.1) is 6.42 Å². The minimum absolute atomic E-state index is 0.00319. The van der Waals surface area contributed by atoms with Crippen LogP contribution in [0.4, 0.5) is 0 Å². The largest absolute Gasteiger partial charge is 0.370 e. The molecule has 0 atom stereocenters. The Bertz CT molecular complexity index is 215. The maximum absolute atomic E-state index is 10.4. The summed E-state index contributed by atoms with van der Waals surface area (Å²) in [5.41, 5.74) is 9.68. The van der Waals surface area contributed by atoms with Crippen molar-refractivity contribution >= 4 is 11.8 Å². The highest BCUT2D eigenvalue weighted by atomic mass is 16.5. The molecule has 0 spiro atoms. The molecule has 0 saturated heterocycles. The van der Waals surface area contributed by atoms with E-state index in [1.165, 1.54) is 0 Å². The van der Waals surface area contributed by atoms with Crippen LogP contribution in [0.2, 0.25) is 0 Å². The van der Waals surface area contributed by atoms with Crippen molar-refractivity contribution in [2.75, 3.05) is 0 Å². The number of carbonyl (C=O) groups excluding carboxylic acids is 2. The molecular weight excluding hydrogens is 188 g/mol. The van der Waals surface area contributed by atoms with Crippen molar-refractivity contribution in [1.82, 2.24) is 0 Å². The molecule has 0 radical (unpaired) electrons. The minimum Gasteiger partial charge on any atom is -0.370 e. The second-order valence-corrected chi connectivity index (χ2v) is 3.30. The molecule has 0 aromatic carbocycles. The van der Waals surface area contributed by atoms with Gasteiger partial charge < -0.3 is 21.7 Å². The Morgan fingerprint density at radius 1 is 1.07 bits per heavy atom. The quantitative estimate of drug-likeness (QED) is 0.300. The van der Waals surface area contributed by atoms with E-state index in [0.29, 0.717) is 12.8 Å². The Morgan fingerprint density at radius 3 is 2.07 bits per heavy atom. The van der Waals surface area contributed by atoms with Gasteiger partial charge in [0.2, 0.25) is 11.8 Å². The van der Waals surface area contributed by atoms with Crippen LogP contribution in [0.1, 0.15) is 32.1 Å². The maximum atomic E-state index is 10.4. The number of rotatable bonds is 7. The van der Waals surface area contributed by atoms with Crippen LogP contribution in [0, 0.1) is 0 Å². The lowest BCUT2D eigenvalue weighted by Gasteiger charge is -2.19. The smallest absolute Gasteiger partial charge is 0.222 e. The summed E-state index contributed by atoms with van der Waals surface area (Å²) >= 11 is 0. The van der Waals surface area contributed by atoms with Gasteiger partial charge in [-0.25, -0.2) is 0 Å². The molecule has 6 nitrogen and oxygen atoms in total. The van der Waals surface area contributed by atoms with Gasteiger partial charge >= 0.3 is 0 Å². The number of aliphatic hydroxyl groups is 2. The van der Waals surface area contributed by atoms with Gasteiger partial charge in [0, 0.05) is 12.8 Å². The summed E-state index contributed by atoms with van der Waals surface area (Å²) in [6.07, 6.45) is 0.583. The van der Waals surface area contributed by atoms with Crippen LogP contribution in [-0.4, -0.2) is 27.8 Å². The van der Waals surface area contributed by atoms with Crippen molar-refractivity contribution in [2.45, 2.75) is 37.9 Å². The molecule has 0 heterocycles. The van der Waals surface area contributed by atoms with E-state index in [4.69, 9.17) is 11.5 Å². The van der Waals surface area contributed by atoms with Crippen molar-refractivity contribution in [3.8, 4) is 0 Å². The number of carbonyl (C=O) groups is 2. The van der Waals surface area contributed by atoms with Gasteiger partial charge in [0.25, 0.3) is 0 Å². The summed E-state index contributed by atoms with van der Waals surface area (Å²) in [5.74, 6) is -3.27. The van der Waals surface area contributed by atoms with Crippen LogP contribution in [0.15, 0.2) is 0 Å². The summed E-state index contributed by atoms with van der Waals surface area (Å²) in [5, 5.41) is 18.4. The highest BCUT2D eigenvalue weighted by Gasteiger charge is 2.24. The predicted octanol–water partition coefficient (Wildman–Crippen LogP) is -1.41. The van der Waals surface area contributed by atoms with Gasteiger partial charge in [-0.1, -0.05) is 0 Å². The van der Waals surface area contributed by atoms with Crippen molar-refractivity contribution in [1.29, 1.82) is 0 Å². The minimum atomic E-state index is -2.07. The first-order chi connectivity index (χ1) is 6.33. The number of amides is 2. The van der Waals surface area contributed by atoms with Crippen LogP contribution in [0.5, 0.6) is 0 Å². The number of unbranched alkanes of at least 4 members (excludes halogenated alkanes) is 1. The Hall–Kier alpha value is -1.14. The van der Waals surface area contributed by atoms with Gasteiger partial charge in [-0.3, -0.25) is 9.59 Å². The fourth-order valence-electron chi connectivity index (χ4n) is 1.07. The molecule has 0 aliphatic rings. The maximum Gasteiger partial charge on any atom is 0.222 e. The number of hydrogen-bond acceptors (Lipinski definition) is 4. The average Bonchev–Trinajstić information content (AvgIpc) is 1.95. The molecule has 0 aliphatic heterocycles. The first-order valence-electron chi connectivity index (χ1n) is 4.35. The molecule has 2 amide bonds. The molecule has 0 unspecified atom stereocenters. The van der Waals surface area contributed by atoms with E-state index in [1.54, 1.807) is 0 Å². The molecule has 0 fully saturated rings. The van der Waals surface area contributed by atoms with E-state index in [1.807, 2.05) is 0 Å². The Labute approximate surface area is 81.9 Å². The Morgan fingerprint density at radius 2 is 1.64 bits per heavy atom. The fraction of sp³-hybridized carbons (Fsp3) is 0.750. The van der Waals surface area contributed by atoms with E-state index < -0.39 is 24.0 Å². The first kappa shape index (κ1) is 12.9. The molecule has 82 valence electrons. The molecule has 0 saturated carbocycles. The van der Waals surface area contributed by atoms with Gasteiger partial charge in [-0.2, -0.15) is 0 Å². The van der Waals surface area contributed by atoms with E-state index >= 15 is 0 Å². The van der Waals surface area contributed by atoms with Gasteiger partial charge in [0.1, 0.15) is 0 Å². The fourth-order valence-corrected chi connectivity index (χ4v) is 1.07. The highest BCUT2D eigenvalue weighted by molar-refractivity contribution is 5.74. The summed E-state index contributed by atoms with van der Waals surface area (Å²) in [4.78, 5) is 20.7. The molecule has 0 bridgehead atoms. The molecule has 6 heteroatoms.